The topological polar surface area (TPSA) is 49.9 Å². The first-order valence-corrected chi connectivity index (χ1v) is 8.45. The predicted octanol–water partition coefficient (Wildman–Crippen LogP) is 2.36. The van der Waals surface area contributed by atoms with Gasteiger partial charge in [0.1, 0.15) is 5.75 Å². The summed E-state index contributed by atoms with van der Waals surface area (Å²) in [6, 6.07) is 16.9. The molecule has 2 amide bonds. The average Bonchev–Trinajstić information content (AvgIpc) is 2.66. The van der Waals surface area contributed by atoms with Gasteiger partial charge in [-0.05, 0) is 31.2 Å². The van der Waals surface area contributed by atoms with E-state index in [0.717, 1.165) is 5.56 Å². The number of benzene rings is 2. The molecular weight excluding hydrogens is 316 g/mol. The van der Waals surface area contributed by atoms with Gasteiger partial charge in [0, 0.05) is 31.7 Å². The Labute approximate surface area is 147 Å². The third-order valence-corrected chi connectivity index (χ3v) is 4.29. The first kappa shape index (κ1) is 17.0. The molecule has 0 spiro atoms. The van der Waals surface area contributed by atoms with E-state index in [-0.39, 0.29) is 18.4 Å². The summed E-state index contributed by atoms with van der Waals surface area (Å²) < 4.78 is 5.51. The van der Waals surface area contributed by atoms with Crippen molar-refractivity contribution in [2.45, 2.75) is 6.92 Å². The summed E-state index contributed by atoms with van der Waals surface area (Å²) in [6.07, 6.45) is 0. The molecule has 3 rings (SSSR count). The fraction of sp³-hybridized carbons (Fsp3) is 0.300. The lowest BCUT2D eigenvalue weighted by molar-refractivity contribution is -0.134. The molecule has 25 heavy (non-hydrogen) atoms. The number of carbonyl (C=O) groups is 2. The van der Waals surface area contributed by atoms with Gasteiger partial charge in [0.25, 0.3) is 11.8 Å². The highest BCUT2D eigenvalue weighted by atomic mass is 16.5. The van der Waals surface area contributed by atoms with Crippen LogP contribution in [0.1, 0.15) is 15.9 Å². The highest BCUT2D eigenvalue weighted by Gasteiger charge is 2.25. The Morgan fingerprint density at radius 1 is 0.920 bits per heavy atom. The molecule has 0 atom stereocenters. The summed E-state index contributed by atoms with van der Waals surface area (Å²) in [5.41, 5.74) is 1.77. The van der Waals surface area contributed by atoms with Crippen molar-refractivity contribution in [2.24, 2.45) is 0 Å². The van der Waals surface area contributed by atoms with Crippen LogP contribution in [-0.2, 0) is 4.79 Å². The predicted molar refractivity (Wildman–Crippen MR) is 95.6 cm³/mol. The minimum atomic E-state index is -0.0495. The minimum absolute atomic E-state index is 0.0237. The second-order valence-electron chi connectivity index (χ2n) is 6.14. The molecule has 1 fully saturated rings. The van der Waals surface area contributed by atoms with Gasteiger partial charge in [-0.2, -0.15) is 0 Å². The lowest BCUT2D eigenvalue weighted by Crippen LogP contribution is -2.51. The summed E-state index contributed by atoms with van der Waals surface area (Å²) in [5, 5.41) is 0. The molecule has 0 radical (unpaired) electrons. The lowest BCUT2D eigenvalue weighted by atomic mass is 10.1. The van der Waals surface area contributed by atoms with Crippen LogP contribution in [0.4, 0.5) is 0 Å². The smallest absolute Gasteiger partial charge is 0.260 e. The highest BCUT2D eigenvalue weighted by Crippen LogP contribution is 2.12. The molecule has 0 saturated carbocycles. The Morgan fingerprint density at radius 2 is 1.60 bits per heavy atom. The molecule has 0 N–H and O–H groups in total. The van der Waals surface area contributed by atoms with Crippen LogP contribution >= 0.6 is 0 Å². The molecule has 130 valence electrons. The lowest BCUT2D eigenvalue weighted by Gasteiger charge is -2.34. The number of hydrogen-bond donors (Lipinski definition) is 0. The summed E-state index contributed by atoms with van der Waals surface area (Å²) in [5.74, 6) is 0.659. The second-order valence-corrected chi connectivity index (χ2v) is 6.14. The quantitative estimate of drug-likeness (QED) is 0.860. The normalized spacial score (nSPS) is 14.3. The third kappa shape index (κ3) is 4.38. The second kappa shape index (κ2) is 7.83. The van der Waals surface area contributed by atoms with Gasteiger partial charge in [-0.25, -0.2) is 0 Å². The average molecular weight is 338 g/mol. The molecule has 2 aromatic rings. The number of amides is 2. The van der Waals surface area contributed by atoms with Crippen molar-refractivity contribution in [3.63, 3.8) is 0 Å². The summed E-state index contributed by atoms with van der Waals surface area (Å²) in [7, 11) is 0. The monoisotopic (exact) mass is 338 g/mol. The van der Waals surface area contributed by atoms with E-state index in [1.807, 2.05) is 61.5 Å². The standard InChI is InChI=1S/C20H22N2O3/c1-16-6-5-7-17(14-16)20(24)22-12-10-21(11-13-22)19(23)15-25-18-8-3-2-4-9-18/h2-9,14H,10-13,15H2,1H3. The number of carbonyl (C=O) groups excluding carboxylic acids is 2. The molecule has 1 aliphatic rings. The first-order valence-electron chi connectivity index (χ1n) is 8.45. The molecular formula is C20H22N2O3. The van der Waals surface area contributed by atoms with Crippen LogP contribution in [-0.4, -0.2) is 54.4 Å². The van der Waals surface area contributed by atoms with Crippen LogP contribution in [0.25, 0.3) is 0 Å². The molecule has 0 aromatic heterocycles. The number of rotatable bonds is 4. The molecule has 1 saturated heterocycles. The van der Waals surface area contributed by atoms with Crippen molar-refractivity contribution in [1.29, 1.82) is 0 Å². The Morgan fingerprint density at radius 3 is 2.28 bits per heavy atom. The number of hydrogen-bond acceptors (Lipinski definition) is 3. The maximum absolute atomic E-state index is 12.5. The number of para-hydroxylation sites is 1. The van der Waals surface area contributed by atoms with Gasteiger partial charge in [-0.1, -0.05) is 35.9 Å². The van der Waals surface area contributed by atoms with E-state index < -0.39 is 0 Å². The van der Waals surface area contributed by atoms with Crippen molar-refractivity contribution in [2.75, 3.05) is 32.8 Å². The Kier molecular flexibility index (Phi) is 5.33. The van der Waals surface area contributed by atoms with Gasteiger partial charge < -0.3 is 14.5 Å². The molecule has 0 unspecified atom stereocenters. The van der Waals surface area contributed by atoms with Crippen LogP contribution in [0.3, 0.4) is 0 Å². The molecule has 2 aromatic carbocycles. The number of piperazine rings is 1. The Hall–Kier alpha value is -2.82. The van der Waals surface area contributed by atoms with E-state index in [1.54, 1.807) is 9.80 Å². The number of nitrogens with zero attached hydrogens (tertiary/aromatic N) is 2. The maximum atomic E-state index is 12.5. The van der Waals surface area contributed by atoms with Crippen molar-refractivity contribution >= 4 is 11.8 Å². The first-order chi connectivity index (χ1) is 12.1. The maximum Gasteiger partial charge on any atom is 0.260 e. The van der Waals surface area contributed by atoms with Crippen LogP contribution < -0.4 is 4.74 Å². The van der Waals surface area contributed by atoms with Gasteiger partial charge in [0.15, 0.2) is 6.61 Å². The van der Waals surface area contributed by atoms with Crippen LogP contribution in [0.5, 0.6) is 5.75 Å². The molecule has 5 heteroatoms. The fourth-order valence-electron chi connectivity index (χ4n) is 2.87. The Balaban J connectivity index is 1.49. The van der Waals surface area contributed by atoms with Gasteiger partial charge in [0.2, 0.25) is 0 Å². The number of ether oxygens (including phenoxy) is 1. The largest absolute Gasteiger partial charge is 0.484 e. The SMILES string of the molecule is Cc1cccc(C(=O)N2CCN(C(=O)COc3ccccc3)CC2)c1. The van der Waals surface area contributed by atoms with Crippen LogP contribution in [0.2, 0.25) is 0 Å². The van der Waals surface area contributed by atoms with Crippen molar-refractivity contribution in [3.8, 4) is 5.75 Å². The molecule has 0 aliphatic carbocycles. The highest BCUT2D eigenvalue weighted by molar-refractivity contribution is 5.94. The van der Waals surface area contributed by atoms with E-state index in [4.69, 9.17) is 4.74 Å². The zero-order valence-electron chi connectivity index (χ0n) is 14.4. The molecule has 0 bridgehead atoms. The summed E-state index contributed by atoms with van der Waals surface area (Å²) in [6.45, 7) is 4.16. The molecule has 1 aliphatic heterocycles. The van der Waals surface area contributed by atoms with Gasteiger partial charge in [-0.15, -0.1) is 0 Å². The zero-order valence-corrected chi connectivity index (χ0v) is 14.4. The molecule has 5 nitrogen and oxygen atoms in total. The third-order valence-electron chi connectivity index (χ3n) is 4.29. The van der Waals surface area contributed by atoms with Crippen LogP contribution in [0, 0.1) is 6.92 Å². The van der Waals surface area contributed by atoms with Crippen molar-refractivity contribution < 1.29 is 14.3 Å². The zero-order chi connectivity index (χ0) is 17.6. The van der Waals surface area contributed by atoms with E-state index in [0.29, 0.717) is 37.5 Å². The number of aryl methyl sites for hydroxylation is 1. The van der Waals surface area contributed by atoms with Gasteiger partial charge >= 0.3 is 0 Å². The van der Waals surface area contributed by atoms with E-state index in [2.05, 4.69) is 0 Å². The van der Waals surface area contributed by atoms with Gasteiger partial charge in [0.05, 0.1) is 0 Å². The fourth-order valence-corrected chi connectivity index (χ4v) is 2.87. The Bertz CT molecular complexity index is 738. The summed E-state index contributed by atoms with van der Waals surface area (Å²) >= 11 is 0. The van der Waals surface area contributed by atoms with E-state index in [1.165, 1.54) is 0 Å². The van der Waals surface area contributed by atoms with E-state index in [9.17, 15) is 9.59 Å². The van der Waals surface area contributed by atoms with Crippen LogP contribution in [0.15, 0.2) is 54.6 Å². The van der Waals surface area contributed by atoms with Gasteiger partial charge in [-0.3, -0.25) is 9.59 Å². The minimum Gasteiger partial charge on any atom is -0.484 e. The summed E-state index contributed by atoms with van der Waals surface area (Å²) in [4.78, 5) is 28.4. The van der Waals surface area contributed by atoms with Crippen molar-refractivity contribution in [1.82, 2.24) is 9.80 Å². The molecule has 1 heterocycles. The van der Waals surface area contributed by atoms with Crippen molar-refractivity contribution in [3.05, 3.63) is 65.7 Å². The van der Waals surface area contributed by atoms with E-state index >= 15 is 0 Å².